The summed E-state index contributed by atoms with van der Waals surface area (Å²) in [6, 6.07) is 14.3. The molecular formula is C23H24N4O4S. The molecule has 0 aliphatic carbocycles. The Hall–Kier alpha value is -3.46. The van der Waals surface area contributed by atoms with Gasteiger partial charge in [0, 0.05) is 6.54 Å². The molecule has 2 aromatic carbocycles. The molecule has 2 heterocycles. The Labute approximate surface area is 185 Å². The maximum Gasteiger partial charge on any atom is 0.330 e. The second-order valence-electron chi connectivity index (χ2n) is 7.75. The van der Waals surface area contributed by atoms with E-state index in [2.05, 4.69) is 9.97 Å². The van der Waals surface area contributed by atoms with Gasteiger partial charge in [0.05, 0.1) is 23.5 Å². The molecule has 32 heavy (non-hydrogen) atoms. The predicted octanol–water partition coefficient (Wildman–Crippen LogP) is 2.28. The molecule has 1 N–H and O–H groups in total. The van der Waals surface area contributed by atoms with E-state index in [9.17, 15) is 18.0 Å². The lowest BCUT2D eigenvalue weighted by molar-refractivity contribution is 0.595. The maximum atomic E-state index is 12.6. The third-order valence-corrected chi connectivity index (χ3v) is 7.23. The highest BCUT2D eigenvalue weighted by Gasteiger charge is 2.15. The minimum absolute atomic E-state index is 0.0177. The average molecular weight is 453 g/mol. The molecule has 166 valence electrons. The molecule has 0 spiro atoms. The van der Waals surface area contributed by atoms with E-state index in [0.29, 0.717) is 29.0 Å². The molecule has 0 radical (unpaired) electrons. The number of nitrogens with zero attached hydrogens (tertiary/aromatic N) is 3. The number of aryl methyl sites for hydroxylation is 3. The number of fused-ring (bicyclic) bond motifs is 1. The van der Waals surface area contributed by atoms with Crippen molar-refractivity contribution in [2.24, 2.45) is 0 Å². The van der Waals surface area contributed by atoms with Crippen molar-refractivity contribution in [3.63, 3.8) is 0 Å². The van der Waals surface area contributed by atoms with E-state index in [4.69, 9.17) is 0 Å². The summed E-state index contributed by atoms with van der Waals surface area (Å²) >= 11 is 0. The molecular weight excluding hydrogens is 428 g/mol. The first-order chi connectivity index (χ1) is 15.3. The van der Waals surface area contributed by atoms with Gasteiger partial charge in [0.25, 0.3) is 5.56 Å². The number of rotatable bonds is 7. The molecule has 0 unspecified atom stereocenters. The number of aromatic nitrogens is 4. The van der Waals surface area contributed by atoms with Crippen LogP contribution in [0.1, 0.15) is 23.6 Å². The number of H-pyrrole nitrogens is 1. The molecule has 0 saturated heterocycles. The monoisotopic (exact) mass is 452 g/mol. The average Bonchev–Trinajstić information content (AvgIpc) is 3.21. The highest BCUT2D eigenvalue weighted by molar-refractivity contribution is 7.91. The maximum absolute atomic E-state index is 12.6. The summed E-state index contributed by atoms with van der Waals surface area (Å²) in [5.41, 5.74) is 2.48. The lowest BCUT2D eigenvalue weighted by atomic mass is 10.1. The van der Waals surface area contributed by atoms with Gasteiger partial charge in [-0.05, 0) is 43.5 Å². The molecule has 0 aliphatic rings. The first-order valence-electron chi connectivity index (χ1n) is 10.3. The highest BCUT2D eigenvalue weighted by Crippen LogP contribution is 2.15. The Bertz CT molecular complexity index is 1480. The van der Waals surface area contributed by atoms with Gasteiger partial charge in [-0.1, -0.05) is 42.0 Å². The zero-order valence-electron chi connectivity index (χ0n) is 17.9. The third kappa shape index (κ3) is 4.29. The number of sulfone groups is 1. The molecule has 8 nitrogen and oxygen atoms in total. The summed E-state index contributed by atoms with van der Waals surface area (Å²) in [6.07, 6.45) is 1.94. The number of benzene rings is 2. The lowest BCUT2D eigenvalue weighted by Crippen LogP contribution is -2.31. The van der Waals surface area contributed by atoms with Crippen LogP contribution in [0.2, 0.25) is 0 Å². The van der Waals surface area contributed by atoms with Crippen LogP contribution in [0.3, 0.4) is 0 Å². The van der Waals surface area contributed by atoms with E-state index in [-0.39, 0.29) is 12.3 Å². The SMILES string of the molecule is CCn1cnc2c1c(=O)[nH]c(=O)n2Cc1ccc(CCS(=O)(=O)c2ccc(C)cc2)cc1. The van der Waals surface area contributed by atoms with Crippen molar-refractivity contribution >= 4 is 21.0 Å². The quantitative estimate of drug-likeness (QED) is 0.463. The molecule has 9 heteroatoms. The van der Waals surface area contributed by atoms with Crippen LogP contribution in [0.15, 0.2) is 69.3 Å². The molecule has 0 aliphatic heterocycles. The van der Waals surface area contributed by atoms with Gasteiger partial charge < -0.3 is 4.57 Å². The van der Waals surface area contributed by atoms with E-state index in [0.717, 1.165) is 16.7 Å². The summed E-state index contributed by atoms with van der Waals surface area (Å²) in [5, 5.41) is 0. The third-order valence-electron chi connectivity index (χ3n) is 5.50. The van der Waals surface area contributed by atoms with Gasteiger partial charge in [-0.25, -0.2) is 18.2 Å². The number of aromatic amines is 1. The second-order valence-corrected chi connectivity index (χ2v) is 9.86. The minimum Gasteiger partial charge on any atom is -0.325 e. The van der Waals surface area contributed by atoms with Crippen molar-refractivity contribution < 1.29 is 8.42 Å². The minimum atomic E-state index is -3.36. The van der Waals surface area contributed by atoms with Gasteiger partial charge >= 0.3 is 5.69 Å². The molecule has 0 amide bonds. The fourth-order valence-corrected chi connectivity index (χ4v) is 4.91. The first-order valence-corrected chi connectivity index (χ1v) is 12.0. The molecule has 0 fully saturated rings. The summed E-state index contributed by atoms with van der Waals surface area (Å²) in [7, 11) is -3.36. The smallest absolute Gasteiger partial charge is 0.325 e. The van der Waals surface area contributed by atoms with Crippen LogP contribution in [-0.4, -0.2) is 33.3 Å². The van der Waals surface area contributed by atoms with Crippen LogP contribution in [0.5, 0.6) is 0 Å². The largest absolute Gasteiger partial charge is 0.330 e. The topological polar surface area (TPSA) is 107 Å². The zero-order valence-corrected chi connectivity index (χ0v) is 18.7. The van der Waals surface area contributed by atoms with Crippen molar-refractivity contribution in [2.45, 2.75) is 38.3 Å². The number of hydrogen-bond donors (Lipinski definition) is 1. The van der Waals surface area contributed by atoms with E-state index in [1.165, 1.54) is 4.57 Å². The van der Waals surface area contributed by atoms with Crippen LogP contribution in [0, 0.1) is 6.92 Å². The Balaban J connectivity index is 1.51. The predicted molar refractivity (Wildman–Crippen MR) is 123 cm³/mol. The molecule has 0 atom stereocenters. The van der Waals surface area contributed by atoms with Gasteiger partial charge in [-0.15, -0.1) is 0 Å². The fraction of sp³-hybridized carbons (Fsp3) is 0.261. The highest BCUT2D eigenvalue weighted by atomic mass is 32.2. The van der Waals surface area contributed by atoms with E-state index < -0.39 is 21.1 Å². The molecule has 2 aromatic heterocycles. The van der Waals surface area contributed by atoms with Crippen LogP contribution >= 0.6 is 0 Å². The lowest BCUT2D eigenvalue weighted by Gasteiger charge is -2.09. The van der Waals surface area contributed by atoms with Gasteiger partial charge in [-0.3, -0.25) is 14.3 Å². The summed E-state index contributed by atoms with van der Waals surface area (Å²) in [6.45, 7) is 4.63. The fourth-order valence-electron chi connectivity index (χ4n) is 3.62. The Morgan fingerprint density at radius 3 is 2.28 bits per heavy atom. The van der Waals surface area contributed by atoms with Gasteiger partial charge in [-0.2, -0.15) is 0 Å². The molecule has 0 bridgehead atoms. The van der Waals surface area contributed by atoms with Crippen molar-refractivity contribution in [2.75, 3.05) is 5.75 Å². The molecule has 0 saturated carbocycles. The van der Waals surface area contributed by atoms with Crippen molar-refractivity contribution in [1.29, 1.82) is 0 Å². The van der Waals surface area contributed by atoms with E-state index in [1.54, 1.807) is 35.2 Å². The van der Waals surface area contributed by atoms with Crippen LogP contribution in [0.25, 0.3) is 11.2 Å². The first kappa shape index (κ1) is 21.8. The van der Waals surface area contributed by atoms with E-state index in [1.807, 2.05) is 38.1 Å². The Kier molecular flexibility index (Phi) is 5.84. The van der Waals surface area contributed by atoms with Crippen LogP contribution in [-0.2, 0) is 29.3 Å². The zero-order chi connectivity index (χ0) is 22.9. The van der Waals surface area contributed by atoms with Crippen molar-refractivity contribution in [3.05, 3.63) is 92.4 Å². The van der Waals surface area contributed by atoms with Gasteiger partial charge in [0.15, 0.2) is 21.0 Å². The van der Waals surface area contributed by atoms with Crippen LogP contribution < -0.4 is 11.2 Å². The second kappa shape index (κ2) is 8.58. The van der Waals surface area contributed by atoms with Crippen molar-refractivity contribution in [1.82, 2.24) is 19.1 Å². The number of hydrogen-bond acceptors (Lipinski definition) is 5. The number of nitrogens with one attached hydrogen (secondary N) is 1. The standard InChI is InChI=1S/C23H24N4O4S/c1-3-26-15-24-21-20(26)22(28)25-23(29)27(21)14-18-8-6-17(7-9-18)12-13-32(30,31)19-10-4-16(2)5-11-19/h4-11,15H,3,12-14H2,1-2H3,(H,25,28,29). The van der Waals surface area contributed by atoms with Gasteiger partial charge in [0.1, 0.15) is 0 Å². The number of imidazole rings is 1. The Morgan fingerprint density at radius 1 is 0.969 bits per heavy atom. The Morgan fingerprint density at radius 2 is 1.62 bits per heavy atom. The molecule has 4 aromatic rings. The van der Waals surface area contributed by atoms with Gasteiger partial charge in [0.2, 0.25) is 0 Å². The van der Waals surface area contributed by atoms with E-state index >= 15 is 0 Å². The summed E-state index contributed by atoms with van der Waals surface area (Å²) in [4.78, 5) is 31.5. The van der Waals surface area contributed by atoms with Crippen molar-refractivity contribution in [3.8, 4) is 0 Å². The summed E-state index contributed by atoms with van der Waals surface area (Å²) < 4.78 is 28.3. The van der Waals surface area contributed by atoms with Crippen LogP contribution in [0.4, 0.5) is 0 Å². The molecule has 4 rings (SSSR count). The summed E-state index contributed by atoms with van der Waals surface area (Å²) in [5.74, 6) is 0.0177. The normalized spacial score (nSPS) is 11.8.